The molecule has 3 aromatic rings. The molecule has 1 N–H and O–H groups in total. The van der Waals surface area contributed by atoms with Crippen molar-refractivity contribution in [3.63, 3.8) is 0 Å². The van der Waals surface area contributed by atoms with E-state index in [4.69, 9.17) is 14.5 Å². The number of hydrogen-bond acceptors (Lipinski definition) is 8. The molecule has 0 saturated heterocycles. The molecule has 0 amide bonds. The Morgan fingerprint density at radius 2 is 1.81 bits per heavy atom. The number of rotatable bonds is 8. The maximum Gasteiger partial charge on any atom is 0.311 e. The average molecular weight is 507 g/mol. The summed E-state index contributed by atoms with van der Waals surface area (Å²) in [5, 5.41) is 3.17. The molecule has 4 rings (SSSR count). The lowest BCUT2D eigenvalue weighted by atomic mass is 9.93. The molecule has 37 heavy (non-hydrogen) atoms. The number of nitrogens with zero attached hydrogens (tertiary/aromatic N) is 3. The zero-order valence-corrected chi connectivity index (χ0v) is 21.5. The SMILES string of the molecule is CCOC(=O)CCC(=O)Oc1ccc2c(c1)C(C)N(c1nc(Nc3ccc(F)cc3)nc(C)c1C)CC2. The second kappa shape index (κ2) is 11.4. The lowest BCUT2D eigenvalue weighted by Gasteiger charge is -2.37. The van der Waals surface area contributed by atoms with Crippen LogP contribution in [0.5, 0.6) is 5.75 Å². The molecule has 2 aromatic carbocycles. The second-order valence-corrected chi connectivity index (χ2v) is 8.97. The summed E-state index contributed by atoms with van der Waals surface area (Å²) in [6.45, 7) is 8.79. The van der Waals surface area contributed by atoms with Gasteiger partial charge in [-0.2, -0.15) is 4.98 Å². The molecule has 0 fully saturated rings. The van der Waals surface area contributed by atoms with Gasteiger partial charge in [-0.15, -0.1) is 0 Å². The van der Waals surface area contributed by atoms with Crippen LogP contribution in [0.4, 0.5) is 21.8 Å². The van der Waals surface area contributed by atoms with Crippen molar-refractivity contribution in [1.82, 2.24) is 9.97 Å². The van der Waals surface area contributed by atoms with Gasteiger partial charge in [-0.05, 0) is 81.6 Å². The largest absolute Gasteiger partial charge is 0.466 e. The van der Waals surface area contributed by atoms with Gasteiger partial charge >= 0.3 is 11.9 Å². The van der Waals surface area contributed by atoms with E-state index in [-0.39, 0.29) is 31.3 Å². The van der Waals surface area contributed by atoms with E-state index in [9.17, 15) is 14.0 Å². The van der Waals surface area contributed by atoms with Crippen molar-refractivity contribution in [3.05, 3.63) is 70.7 Å². The predicted molar refractivity (Wildman–Crippen MR) is 139 cm³/mol. The number of carbonyl (C=O) groups excluding carboxylic acids is 2. The molecule has 0 radical (unpaired) electrons. The summed E-state index contributed by atoms with van der Waals surface area (Å²) in [5.41, 5.74) is 4.74. The van der Waals surface area contributed by atoms with Crippen molar-refractivity contribution < 1.29 is 23.5 Å². The standard InChI is InChI=1S/C28H31FN4O4/c1-5-36-25(34)12-13-26(35)37-23-11-6-20-14-15-33(19(4)24(20)16-23)27-17(2)18(3)30-28(32-27)31-22-9-7-21(29)8-10-22/h6-11,16,19H,5,12-15H2,1-4H3,(H,30,31,32). The molecule has 9 heteroatoms. The number of anilines is 3. The van der Waals surface area contributed by atoms with E-state index in [1.807, 2.05) is 26.0 Å². The molecule has 0 aliphatic carbocycles. The molecule has 194 valence electrons. The molecular formula is C28H31FN4O4. The third-order valence-electron chi connectivity index (χ3n) is 6.46. The zero-order chi connectivity index (χ0) is 26.5. The monoisotopic (exact) mass is 506 g/mol. The highest BCUT2D eigenvalue weighted by molar-refractivity contribution is 5.79. The molecule has 1 unspecified atom stereocenters. The quantitative estimate of drug-likeness (QED) is 0.323. The summed E-state index contributed by atoms with van der Waals surface area (Å²) in [6, 6.07) is 11.7. The van der Waals surface area contributed by atoms with Crippen molar-refractivity contribution in [2.75, 3.05) is 23.4 Å². The van der Waals surface area contributed by atoms with Crippen LogP contribution in [0.15, 0.2) is 42.5 Å². The highest BCUT2D eigenvalue weighted by atomic mass is 19.1. The molecule has 8 nitrogen and oxygen atoms in total. The Morgan fingerprint density at radius 3 is 2.54 bits per heavy atom. The van der Waals surface area contributed by atoms with E-state index in [1.165, 1.54) is 17.7 Å². The minimum absolute atomic E-state index is 0.0115. The maximum absolute atomic E-state index is 13.3. The molecular weight excluding hydrogens is 475 g/mol. The number of fused-ring (bicyclic) bond motifs is 1. The van der Waals surface area contributed by atoms with Crippen LogP contribution in [-0.4, -0.2) is 35.1 Å². The van der Waals surface area contributed by atoms with Gasteiger partial charge < -0.3 is 19.7 Å². The van der Waals surface area contributed by atoms with Crippen LogP contribution in [0.2, 0.25) is 0 Å². The molecule has 1 aromatic heterocycles. The van der Waals surface area contributed by atoms with E-state index >= 15 is 0 Å². The van der Waals surface area contributed by atoms with Gasteiger partial charge in [0, 0.05) is 23.5 Å². The number of aryl methyl sites for hydroxylation is 1. The minimum Gasteiger partial charge on any atom is -0.466 e. The van der Waals surface area contributed by atoms with Crippen molar-refractivity contribution >= 4 is 29.4 Å². The first kappa shape index (κ1) is 26.1. The number of aromatic nitrogens is 2. The summed E-state index contributed by atoms with van der Waals surface area (Å²) in [7, 11) is 0. The van der Waals surface area contributed by atoms with Gasteiger partial charge in [-0.3, -0.25) is 9.59 Å². The Balaban J connectivity index is 1.53. The number of benzene rings is 2. The van der Waals surface area contributed by atoms with Gasteiger partial charge in [0.05, 0.1) is 25.5 Å². The molecule has 0 saturated carbocycles. The third kappa shape index (κ3) is 6.22. The summed E-state index contributed by atoms with van der Waals surface area (Å²) in [6.07, 6.45) is 0.753. The van der Waals surface area contributed by atoms with Crippen LogP contribution in [-0.2, 0) is 20.7 Å². The second-order valence-electron chi connectivity index (χ2n) is 8.97. The third-order valence-corrected chi connectivity index (χ3v) is 6.46. The van der Waals surface area contributed by atoms with Crippen LogP contribution in [0, 0.1) is 19.7 Å². The highest BCUT2D eigenvalue weighted by Crippen LogP contribution is 2.37. The number of esters is 2. The van der Waals surface area contributed by atoms with E-state index in [0.29, 0.717) is 17.4 Å². The fourth-order valence-corrected chi connectivity index (χ4v) is 4.38. The van der Waals surface area contributed by atoms with E-state index < -0.39 is 11.9 Å². The first-order valence-electron chi connectivity index (χ1n) is 12.4. The highest BCUT2D eigenvalue weighted by Gasteiger charge is 2.28. The number of carbonyl (C=O) groups is 2. The van der Waals surface area contributed by atoms with E-state index in [1.54, 1.807) is 25.1 Å². The molecule has 1 aliphatic rings. The number of ether oxygens (including phenoxy) is 2. The van der Waals surface area contributed by atoms with Gasteiger partial charge in [0.15, 0.2) is 0 Å². The number of hydrogen-bond donors (Lipinski definition) is 1. The maximum atomic E-state index is 13.3. The van der Waals surface area contributed by atoms with Crippen molar-refractivity contribution in [2.24, 2.45) is 0 Å². The first-order chi connectivity index (χ1) is 17.7. The molecule has 1 aliphatic heterocycles. The van der Waals surface area contributed by atoms with Crippen molar-refractivity contribution in [3.8, 4) is 5.75 Å². The topological polar surface area (TPSA) is 93.7 Å². The average Bonchev–Trinajstić information content (AvgIpc) is 2.87. The Bertz CT molecular complexity index is 1300. The van der Waals surface area contributed by atoms with Gasteiger partial charge in [0.25, 0.3) is 0 Å². The van der Waals surface area contributed by atoms with Crippen molar-refractivity contribution in [1.29, 1.82) is 0 Å². The summed E-state index contributed by atoms with van der Waals surface area (Å²) >= 11 is 0. The van der Waals surface area contributed by atoms with E-state index in [2.05, 4.69) is 22.1 Å². The Labute approximate surface area is 215 Å². The summed E-state index contributed by atoms with van der Waals surface area (Å²) in [4.78, 5) is 35.4. The lowest BCUT2D eigenvalue weighted by Crippen LogP contribution is -2.35. The lowest BCUT2D eigenvalue weighted by molar-refractivity contribution is -0.146. The van der Waals surface area contributed by atoms with Crippen LogP contribution >= 0.6 is 0 Å². The Morgan fingerprint density at radius 1 is 1.08 bits per heavy atom. The normalized spacial score (nSPS) is 14.6. The molecule has 0 bridgehead atoms. The van der Waals surface area contributed by atoms with Crippen molar-refractivity contribution in [2.45, 2.75) is 53.0 Å². The van der Waals surface area contributed by atoms with Crippen LogP contribution in [0.3, 0.4) is 0 Å². The zero-order valence-electron chi connectivity index (χ0n) is 21.5. The fraction of sp³-hybridized carbons (Fsp3) is 0.357. The van der Waals surface area contributed by atoms with Crippen LogP contribution in [0.1, 0.15) is 55.1 Å². The molecule has 1 atom stereocenters. The number of nitrogens with one attached hydrogen (secondary N) is 1. The Kier molecular flexibility index (Phi) is 8.01. The summed E-state index contributed by atoms with van der Waals surface area (Å²) < 4.78 is 23.7. The molecule has 2 heterocycles. The summed E-state index contributed by atoms with van der Waals surface area (Å²) in [5.74, 6) is 0.483. The minimum atomic E-state index is -0.480. The molecule has 0 spiro atoms. The number of halogens is 1. The van der Waals surface area contributed by atoms with Crippen LogP contribution in [0.25, 0.3) is 0 Å². The fourth-order valence-electron chi connectivity index (χ4n) is 4.38. The van der Waals surface area contributed by atoms with E-state index in [0.717, 1.165) is 35.6 Å². The first-order valence-corrected chi connectivity index (χ1v) is 12.4. The smallest absolute Gasteiger partial charge is 0.311 e. The van der Waals surface area contributed by atoms with Gasteiger partial charge in [0.1, 0.15) is 17.4 Å². The van der Waals surface area contributed by atoms with Crippen LogP contribution < -0.4 is 15.0 Å². The van der Waals surface area contributed by atoms with Gasteiger partial charge in [-0.1, -0.05) is 6.07 Å². The van der Waals surface area contributed by atoms with Gasteiger partial charge in [-0.25, -0.2) is 9.37 Å². The Hall–Kier alpha value is -4.01. The van der Waals surface area contributed by atoms with Gasteiger partial charge in [0.2, 0.25) is 5.95 Å². The predicted octanol–water partition coefficient (Wildman–Crippen LogP) is 5.35.